The van der Waals surface area contributed by atoms with Crippen LogP contribution in [0.3, 0.4) is 0 Å². The van der Waals surface area contributed by atoms with Crippen LogP contribution in [0.15, 0.2) is 28.4 Å². The maximum atomic E-state index is 14.2. The average Bonchev–Trinajstić information content (AvgIpc) is 3.10. The van der Waals surface area contributed by atoms with Gasteiger partial charge in [0.15, 0.2) is 11.6 Å². The van der Waals surface area contributed by atoms with Crippen LogP contribution in [-0.4, -0.2) is 48.9 Å². The highest BCUT2D eigenvalue weighted by Gasteiger charge is 2.28. The number of benzene rings is 1. The Morgan fingerprint density at radius 3 is 3.12 bits per heavy atom. The van der Waals surface area contributed by atoms with Crippen LogP contribution in [0.25, 0.3) is 0 Å². The van der Waals surface area contributed by atoms with Gasteiger partial charge in [-0.25, -0.2) is 20.8 Å². The van der Waals surface area contributed by atoms with Crippen molar-refractivity contribution in [1.82, 2.24) is 15.9 Å². The predicted molar refractivity (Wildman–Crippen MR) is 99.0 cm³/mol. The molecule has 2 aliphatic heterocycles. The molecule has 9 nitrogen and oxygen atoms in total. The van der Waals surface area contributed by atoms with Gasteiger partial charge in [-0.2, -0.15) is 10.2 Å². The van der Waals surface area contributed by atoms with Crippen LogP contribution in [0.5, 0.6) is 5.75 Å². The van der Waals surface area contributed by atoms with E-state index in [9.17, 15) is 4.39 Å². The number of anilines is 1. The van der Waals surface area contributed by atoms with Crippen molar-refractivity contribution in [2.24, 2.45) is 21.9 Å². The van der Waals surface area contributed by atoms with Crippen molar-refractivity contribution in [2.75, 3.05) is 18.2 Å². The molecule has 6 N–H and O–H groups in total. The SMILES string of the molecule is CC1CC(N2N=CC(COc3ccc(N(N)/C=N\N)cc3F)N2)CCN1. The van der Waals surface area contributed by atoms with E-state index >= 15 is 0 Å². The standard InChI is InChI=1S/C16H25FN8O/c1-11-6-14(4-5-20-11)25-22-8-12(23-25)9-26-16-3-2-13(7-15(16)17)24(19)10-21-18/h2-3,7-8,10-12,14,20,23H,4-6,9,18-19H2,1H3/b21-10-. The second-order valence-corrected chi connectivity index (χ2v) is 6.48. The van der Waals surface area contributed by atoms with Crippen LogP contribution in [0.1, 0.15) is 19.8 Å². The molecule has 1 saturated heterocycles. The lowest BCUT2D eigenvalue weighted by molar-refractivity contribution is 0.0935. The summed E-state index contributed by atoms with van der Waals surface area (Å²) >= 11 is 0. The van der Waals surface area contributed by atoms with Gasteiger partial charge in [-0.1, -0.05) is 0 Å². The minimum atomic E-state index is -0.512. The van der Waals surface area contributed by atoms with Crippen LogP contribution in [0.4, 0.5) is 10.1 Å². The molecule has 10 heteroatoms. The maximum absolute atomic E-state index is 14.2. The number of nitrogens with zero attached hydrogens (tertiary/aromatic N) is 4. The van der Waals surface area contributed by atoms with Gasteiger partial charge in [0.05, 0.1) is 17.8 Å². The molecule has 0 bridgehead atoms. The zero-order valence-electron chi connectivity index (χ0n) is 14.7. The van der Waals surface area contributed by atoms with E-state index in [4.69, 9.17) is 16.4 Å². The summed E-state index contributed by atoms with van der Waals surface area (Å²) in [7, 11) is 0. The number of piperidine rings is 1. The first-order valence-electron chi connectivity index (χ1n) is 8.59. The number of ether oxygens (including phenoxy) is 1. The van der Waals surface area contributed by atoms with E-state index in [0.717, 1.165) is 24.4 Å². The molecular weight excluding hydrogens is 339 g/mol. The number of hydrazone groups is 2. The summed E-state index contributed by atoms with van der Waals surface area (Å²) in [6.07, 6.45) is 5.03. The molecular formula is C16H25FN8O. The lowest BCUT2D eigenvalue weighted by atomic mass is 10.0. The van der Waals surface area contributed by atoms with Crippen molar-refractivity contribution in [3.05, 3.63) is 24.0 Å². The van der Waals surface area contributed by atoms with Gasteiger partial charge >= 0.3 is 0 Å². The normalized spacial score (nSPS) is 25.8. The summed E-state index contributed by atoms with van der Waals surface area (Å²) < 4.78 is 19.8. The van der Waals surface area contributed by atoms with Crippen molar-refractivity contribution >= 4 is 18.2 Å². The Hall–Kier alpha value is -2.43. The Morgan fingerprint density at radius 2 is 2.38 bits per heavy atom. The predicted octanol–water partition coefficient (Wildman–Crippen LogP) is 0.102. The fourth-order valence-electron chi connectivity index (χ4n) is 3.08. The second-order valence-electron chi connectivity index (χ2n) is 6.48. The maximum Gasteiger partial charge on any atom is 0.167 e. The van der Waals surface area contributed by atoms with Crippen molar-refractivity contribution in [2.45, 2.75) is 37.9 Å². The first-order valence-corrected chi connectivity index (χ1v) is 8.59. The number of hydrogen-bond donors (Lipinski definition) is 4. The van der Waals surface area contributed by atoms with E-state index in [1.807, 2.05) is 5.12 Å². The van der Waals surface area contributed by atoms with Gasteiger partial charge < -0.3 is 15.9 Å². The highest BCUT2D eigenvalue weighted by atomic mass is 19.1. The fraction of sp³-hybridized carbons (Fsp3) is 0.500. The van der Waals surface area contributed by atoms with Crippen LogP contribution in [0.2, 0.25) is 0 Å². The molecule has 2 heterocycles. The number of nitrogens with two attached hydrogens (primary N) is 2. The molecule has 26 heavy (non-hydrogen) atoms. The van der Waals surface area contributed by atoms with Gasteiger partial charge in [0.2, 0.25) is 0 Å². The van der Waals surface area contributed by atoms with Gasteiger partial charge in [0, 0.05) is 18.3 Å². The molecule has 142 valence electrons. The van der Waals surface area contributed by atoms with Crippen molar-refractivity contribution < 1.29 is 9.13 Å². The van der Waals surface area contributed by atoms with Crippen LogP contribution < -0.4 is 32.2 Å². The summed E-state index contributed by atoms with van der Waals surface area (Å²) in [6.45, 7) is 3.42. The molecule has 0 aliphatic carbocycles. The summed E-state index contributed by atoms with van der Waals surface area (Å²) in [5.41, 5.74) is 3.71. The molecule has 0 amide bonds. The van der Waals surface area contributed by atoms with Crippen molar-refractivity contribution in [3.63, 3.8) is 0 Å². The average molecular weight is 364 g/mol. The first kappa shape index (κ1) is 18.4. The third-order valence-corrected chi connectivity index (χ3v) is 4.43. The summed E-state index contributed by atoms with van der Waals surface area (Å²) in [5, 5.41) is 14.1. The molecule has 0 spiro atoms. The first-order chi connectivity index (χ1) is 12.6. The Kier molecular flexibility index (Phi) is 5.86. The molecule has 3 rings (SSSR count). The van der Waals surface area contributed by atoms with Gasteiger partial charge in [-0.15, -0.1) is 0 Å². The molecule has 1 aromatic rings. The van der Waals surface area contributed by atoms with Crippen LogP contribution in [-0.2, 0) is 0 Å². The minimum Gasteiger partial charge on any atom is -0.488 e. The molecule has 0 saturated carbocycles. The third-order valence-electron chi connectivity index (χ3n) is 4.43. The summed E-state index contributed by atoms with van der Waals surface area (Å²) in [5.74, 6) is 10.3. The Balaban J connectivity index is 1.51. The van der Waals surface area contributed by atoms with Gasteiger partial charge in [0.1, 0.15) is 12.9 Å². The van der Waals surface area contributed by atoms with E-state index in [2.05, 4.69) is 27.9 Å². The lowest BCUT2D eigenvalue weighted by Crippen LogP contribution is -2.50. The number of rotatable bonds is 6. The topological polar surface area (TPSA) is 117 Å². The molecule has 2 aliphatic rings. The minimum absolute atomic E-state index is 0.102. The zero-order valence-corrected chi connectivity index (χ0v) is 14.7. The van der Waals surface area contributed by atoms with Gasteiger partial charge in [-0.3, -0.25) is 5.01 Å². The van der Waals surface area contributed by atoms with E-state index in [0.29, 0.717) is 17.8 Å². The zero-order chi connectivity index (χ0) is 18.5. The van der Waals surface area contributed by atoms with E-state index in [1.54, 1.807) is 12.3 Å². The monoisotopic (exact) mass is 364 g/mol. The molecule has 1 aromatic carbocycles. The third kappa shape index (κ3) is 4.40. The Bertz CT molecular complexity index is 670. The number of hydrazine groups is 2. The fourth-order valence-corrected chi connectivity index (χ4v) is 3.08. The smallest absolute Gasteiger partial charge is 0.167 e. The Morgan fingerprint density at radius 1 is 1.54 bits per heavy atom. The van der Waals surface area contributed by atoms with Crippen LogP contribution >= 0.6 is 0 Å². The molecule has 3 atom stereocenters. The quantitative estimate of drug-likeness (QED) is 0.245. The molecule has 3 unspecified atom stereocenters. The number of hydrogen-bond acceptors (Lipinski definition) is 8. The summed E-state index contributed by atoms with van der Waals surface area (Å²) in [6, 6.07) is 5.13. The van der Waals surface area contributed by atoms with Gasteiger partial charge in [0.25, 0.3) is 0 Å². The molecule has 0 radical (unpaired) electrons. The number of halogens is 1. The van der Waals surface area contributed by atoms with E-state index in [1.165, 1.54) is 18.5 Å². The highest BCUT2D eigenvalue weighted by molar-refractivity contribution is 5.77. The van der Waals surface area contributed by atoms with E-state index in [-0.39, 0.29) is 18.4 Å². The van der Waals surface area contributed by atoms with Crippen molar-refractivity contribution in [3.8, 4) is 5.75 Å². The lowest BCUT2D eigenvalue weighted by Gasteiger charge is -2.33. The van der Waals surface area contributed by atoms with E-state index < -0.39 is 5.82 Å². The molecule has 0 aromatic heterocycles. The largest absolute Gasteiger partial charge is 0.488 e. The Labute approximate surface area is 151 Å². The van der Waals surface area contributed by atoms with Gasteiger partial charge in [-0.05, 0) is 38.4 Å². The summed E-state index contributed by atoms with van der Waals surface area (Å²) in [4.78, 5) is 0. The van der Waals surface area contributed by atoms with Crippen molar-refractivity contribution in [1.29, 1.82) is 0 Å². The number of nitrogens with one attached hydrogen (secondary N) is 2. The second kappa shape index (κ2) is 8.30. The molecule has 1 fully saturated rings. The highest BCUT2D eigenvalue weighted by Crippen LogP contribution is 2.23. The van der Waals surface area contributed by atoms with Crippen LogP contribution in [0, 0.1) is 5.82 Å².